The van der Waals surface area contributed by atoms with E-state index in [1.165, 1.54) is 0 Å². The van der Waals surface area contributed by atoms with Crippen LogP contribution in [0.4, 0.5) is 0 Å². The highest BCUT2D eigenvalue weighted by molar-refractivity contribution is 6.31. The SMILES string of the molecule is Cc1ccccc1-n1nc(C)c(CCl)c1Cl. The fourth-order valence-corrected chi connectivity index (χ4v) is 2.36. The lowest BCUT2D eigenvalue weighted by molar-refractivity contribution is 0.856. The first-order chi connectivity index (χ1) is 7.65. The van der Waals surface area contributed by atoms with E-state index < -0.39 is 0 Å². The summed E-state index contributed by atoms with van der Waals surface area (Å²) in [4.78, 5) is 0. The van der Waals surface area contributed by atoms with E-state index in [0.717, 1.165) is 22.5 Å². The van der Waals surface area contributed by atoms with Gasteiger partial charge in [-0.3, -0.25) is 0 Å². The molecular weight excluding hydrogens is 243 g/mol. The Morgan fingerprint density at radius 2 is 1.94 bits per heavy atom. The second kappa shape index (κ2) is 4.48. The van der Waals surface area contributed by atoms with Gasteiger partial charge in [0.1, 0.15) is 5.15 Å². The van der Waals surface area contributed by atoms with E-state index in [-0.39, 0.29) is 0 Å². The summed E-state index contributed by atoms with van der Waals surface area (Å²) in [5, 5.41) is 5.01. The molecule has 1 aromatic heterocycles. The molecule has 0 spiro atoms. The van der Waals surface area contributed by atoms with Gasteiger partial charge in [-0.2, -0.15) is 5.10 Å². The molecule has 0 saturated carbocycles. The Kier molecular flexibility index (Phi) is 3.22. The van der Waals surface area contributed by atoms with Gasteiger partial charge in [-0.25, -0.2) is 4.68 Å². The molecule has 16 heavy (non-hydrogen) atoms. The summed E-state index contributed by atoms with van der Waals surface area (Å²) in [6.45, 7) is 3.95. The van der Waals surface area contributed by atoms with Gasteiger partial charge < -0.3 is 0 Å². The van der Waals surface area contributed by atoms with Crippen molar-refractivity contribution in [1.29, 1.82) is 0 Å². The van der Waals surface area contributed by atoms with Crippen LogP contribution in [0.3, 0.4) is 0 Å². The van der Waals surface area contributed by atoms with E-state index in [9.17, 15) is 0 Å². The number of benzene rings is 1. The summed E-state index contributed by atoms with van der Waals surface area (Å²) in [5.74, 6) is 0.385. The number of nitrogens with zero attached hydrogens (tertiary/aromatic N) is 2. The first kappa shape index (κ1) is 11.5. The molecule has 0 aliphatic heterocycles. The van der Waals surface area contributed by atoms with Gasteiger partial charge in [-0.1, -0.05) is 29.8 Å². The summed E-state index contributed by atoms with van der Waals surface area (Å²) in [5.41, 5.74) is 3.90. The van der Waals surface area contributed by atoms with Crippen molar-refractivity contribution in [3.63, 3.8) is 0 Å². The average Bonchev–Trinajstić information content (AvgIpc) is 2.55. The second-order valence-electron chi connectivity index (χ2n) is 3.69. The van der Waals surface area contributed by atoms with Gasteiger partial charge in [0.15, 0.2) is 0 Å². The molecule has 1 aromatic carbocycles. The molecule has 4 heteroatoms. The number of alkyl halides is 1. The maximum atomic E-state index is 6.25. The molecule has 2 rings (SSSR count). The van der Waals surface area contributed by atoms with Crippen LogP contribution in [0, 0.1) is 13.8 Å². The number of para-hydroxylation sites is 1. The van der Waals surface area contributed by atoms with E-state index in [0.29, 0.717) is 11.0 Å². The van der Waals surface area contributed by atoms with Gasteiger partial charge in [-0.05, 0) is 25.5 Å². The summed E-state index contributed by atoms with van der Waals surface area (Å²) in [6, 6.07) is 7.98. The van der Waals surface area contributed by atoms with Gasteiger partial charge in [0.25, 0.3) is 0 Å². The molecule has 0 N–H and O–H groups in total. The van der Waals surface area contributed by atoms with Gasteiger partial charge in [-0.15, -0.1) is 11.6 Å². The molecule has 0 fully saturated rings. The van der Waals surface area contributed by atoms with E-state index in [1.54, 1.807) is 4.68 Å². The molecular formula is C12H12Cl2N2. The maximum Gasteiger partial charge on any atom is 0.137 e. The molecule has 84 valence electrons. The summed E-state index contributed by atoms with van der Waals surface area (Å²) in [6.07, 6.45) is 0. The number of hydrogen-bond acceptors (Lipinski definition) is 1. The highest BCUT2D eigenvalue weighted by Crippen LogP contribution is 2.26. The zero-order chi connectivity index (χ0) is 11.7. The van der Waals surface area contributed by atoms with Crippen molar-refractivity contribution in [2.75, 3.05) is 0 Å². The highest BCUT2D eigenvalue weighted by atomic mass is 35.5. The van der Waals surface area contributed by atoms with Crippen molar-refractivity contribution in [2.24, 2.45) is 0 Å². The minimum Gasteiger partial charge on any atom is -0.221 e. The number of aromatic nitrogens is 2. The Morgan fingerprint density at radius 1 is 1.25 bits per heavy atom. The molecule has 0 aliphatic rings. The third kappa shape index (κ3) is 1.83. The third-order valence-electron chi connectivity index (χ3n) is 2.60. The topological polar surface area (TPSA) is 17.8 Å². The van der Waals surface area contributed by atoms with Crippen molar-refractivity contribution in [1.82, 2.24) is 9.78 Å². The summed E-state index contributed by atoms with van der Waals surface area (Å²) < 4.78 is 1.74. The van der Waals surface area contributed by atoms with Crippen LogP contribution < -0.4 is 0 Å². The van der Waals surface area contributed by atoms with Crippen LogP contribution in [0.15, 0.2) is 24.3 Å². The van der Waals surface area contributed by atoms with E-state index in [1.807, 2.05) is 38.1 Å². The van der Waals surface area contributed by atoms with E-state index in [2.05, 4.69) is 5.10 Å². The lowest BCUT2D eigenvalue weighted by atomic mass is 10.2. The van der Waals surface area contributed by atoms with Gasteiger partial charge in [0.05, 0.1) is 17.3 Å². The number of aryl methyl sites for hydroxylation is 2. The number of rotatable bonds is 2. The lowest BCUT2D eigenvalue weighted by Gasteiger charge is -2.06. The Morgan fingerprint density at radius 3 is 2.50 bits per heavy atom. The molecule has 0 bridgehead atoms. The van der Waals surface area contributed by atoms with Crippen molar-refractivity contribution in [2.45, 2.75) is 19.7 Å². The average molecular weight is 255 g/mol. The van der Waals surface area contributed by atoms with Crippen molar-refractivity contribution >= 4 is 23.2 Å². The molecule has 1 heterocycles. The molecule has 2 nitrogen and oxygen atoms in total. The van der Waals surface area contributed by atoms with Gasteiger partial charge in [0.2, 0.25) is 0 Å². The first-order valence-electron chi connectivity index (χ1n) is 5.01. The molecule has 0 unspecified atom stereocenters. The Bertz CT molecular complexity index is 518. The zero-order valence-electron chi connectivity index (χ0n) is 9.17. The normalized spacial score (nSPS) is 10.8. The smallest absolute Gasteiger partial charge is 0.137 e. The van der Waals surface area contributed by atoms with E-state index >= 15 is 0 Å². The van der Waals surface area contributed by atoms with Crippen LogP contribution >= 0.6 is 23.2 Å². The second-order valence-corrected chi connectivity index (χ2v) is 4.31. The Hall–Kier alpha value is -0.990. The number of halogens is 2. The summed E-state index contributed by atoms with van der Waals surface area (Å²) in [7, 11) is 0. The number of hydrogen-bond donors (Lipinski definition) is 0. The van der Waals surface area contributed by atoms with Crippen LogP contribution in [-0.2, 0) is 5.88 Å². The maximum absolute atomic E-state index is 6.25. The predicted molar refractivity (Wildman–Crippen MR) is 67.6 cm³/mol. The first-order valence-corrected chi connectivity index (χ1v) is 5.92. The van der Waals surface area contributed by atoms with Crippen molar-refractivity contribution < 1.29 is 0 Å². The minimum absolute atomic E-state index is 0.385. The highest BCUT2D eigenvalue weighted by Gasteiger charge is 2.14. The molecule has 2 aromatic rings. The fourth-order valence-electron chi connectivity index (χ4n) is 1.64. The monoisotopic (exact) mass is 254 g/mol. The van der Waals surface area contributed by atoms with Crippen molar-refractivity contribution in [3.05, 3.63) is 46.2 Å². The molecule has 0 atom stereocenters. The van der Waals surface area contributed by atoms with Crippen LogP contribution in [0.1, 0.15) is 16.8 Å². The Balaban J connectivity index is 2.62. The quantitative estimate of drug-likeness (QED) is 0.744. The molecule has 0 radical (unpaired) electrons. The largest absolute Gasteiger partial charge is 0.221 e. The van der Waals surface area contributed by atoms with Crippen molar-refractivity contribution in [3.8, 4) is 5.69 Å². The molecule has 0 aliphatic carbocycles. The minimum atomic E-state index is 0.385. The van der Waals surface area contributed by atoms with Gasteiger partial charge >= 0.3 is 0 Å². The fraction of sp³-hybridized carbons (Fsp3) is 0.250. The van der Waals surface area contributed by atoms with Gasteiger partial charge in [0, 0.05) is 5.56 Å². The summed E-state index contributed by atoms with van der Waals surface area (Å²) >= 11 is 12.1. The lowest BCUT2D eigenvalue weighted by Crippen LogP contribution is -1.99. The van der Waals surface area contributed by atoms with E-state index in [4.69, 9.17) is 23.2 Å². The Labute approximate surface area is 105 Å². The molecule has 0 amide bonds. The molecule has 0 saturated heterocycles. The predicted octanol–water partition coefficient (Wildman–Crippen LogP) is 3.88. The van der Waals surface area contributed by atoms with Crippen LogP contribution in [0.5, 0.6) is 0 Å². The third-order valence-corrected chi connectivity index (χ3v) is 3.25. The van der Waals surface area contributed by atoms with Crippen LogP contribution in [0.2, 0.25) is 5.15 Å². The van der Waals surface area contributed by atoms with Crippen LogP contribution in [0.25, 0.3) is 5.69 Å². The zero-order valence-corrected chi connectivity index (χ0v) is 10.7. The standard InChI is InChI=1S/C12H12Cl2N2/c1-8-5-3-4-6-11(8)16-12(14)10(7-13)9(2)15-16/h3-6H,7H2,1-2H3. The van der Waals surface area contributed by atoms with Crippen LogP contribution in [-0.4, -0.2) is 9.78 Å².